The molecule has 0 bridgehead atoms. The Morgan fingerprint density at radius 1 is 1.04 bits per heavy atom. The van der Waals surface area contributed by atoms with Crippen LogP contribution < -0.4 is 5.32 Å². The third-order valence-electron chi connectivity index (χ3n) is 4.39. The fourth-order valence-electron chi connectivity index (χ4n) is 2.87. The van der Waals surface area contributed by atoms with Crippen molar-refractivity contribution in [3.05, 3.63) is 51.8 Å². The summed E-state index contributed by atoms with van der Waals surface area (Å²) in [5.74, 6) is -0.310. The summed E-state index contributed by atoms with van der Waals surface area (Å²) < 4.78 is 27.7. The molecule has 7 nitrogen and oxygen atoms in total. The number of nitrogens with one attached hydrogen (secondary N) is 1. The lowest BCUT2D eigenvalue weighted by atomic mass is 10.2. The monoisotopic (exact) mass is 485 g/mol. The number of halogens is 1. The number of carbonyl (C=O) groups excluding carboxylic acids is 2. The zero-order valence-electron chi connectivity index (χ0n) is 15.0. The lowest BCUT2D eigenvalue weighted by Gasteiger charge is -2.33. The third kappa shape index (κ3) is 4.99. The van der Waals surface area contributed by atoms with Gasteiger partial charge in [0.2, 0.25) is 5.91 Å². The molecule has 1 aliphatic heterocycles. The fraction of sp³-hybridized carbons (Fsp3) is 0.333. The van der Waals surface area contributed by atoms with Crippen molar-refractivity contribution in [2.24, 2.45) is 0 Å². The van der Waals surface area contributed by atoms with Crippen molar-refractivity contribution in [3.8, 4) is 0 Å². The Morgan fingerprint density at radius 3 is 2.32 bits per heavy atom. The van der Waals surface area contributed by atoms with Crippen molar-refractivity contribution in [1.82, 2.24) is 14.5 Å². The number of amides is 2. The van der Waals surface area contributed by atoms with E-state index in [4.69, 9.17) is 0 Å². The van der Waals surface area contributed by atoms with Crippen LogP contribution in [0.5, 0.6) is 0 Å². The second-order valence-electron chi connectivity index (χ2n) is 6.22. The van der Waals surface area contributed by atoms with Crippen molar-refractivity contribution in [2.75, 3.05) is 32.7 Å². The summed E-state index contributed by atoms with van der Waals surface area (Å²) in [6.07, 6.45) is 0.184. The first-order valence-corrected chi connectivity index (χ1v) is 11.8. The molecule has 0 aliphatic carbocycles. The van der Waals surface area contributed by atoms with Gasteiger partial charge in [0.05, 0.1) is 3.79 Å². The number of thiophene rings is 1. The van der Waals surface area contributed by atoms with E-state index in [2.05, 4.69) is 21.2 Å². The van der Waals surface area contributed by atoms with Gasteiger partial charge in [-0.3, -0.25) is 9.59 Å². The molecule has 10 heteroatoms. The van der Waals surface area contributed by atoms with Crippen molar-refractivity contribution in [1.29, 1.82) is 0 Å². The standard InChI is InChI=1S/C18H20BrN3O4S2/c19-15-6-7-17(27-15)28(25,26)22-12-10-21(11-13-22)16(23)8-9-20-18(24)14-4-2-1-3-5-14/h1-7H,8-13H2,(H,20,24). The van der Waals surface area contributed by atoms with Crippen LogP contribution in [0.25, 0.3) is 0 Å². The lowest BCUT2D eigenvalue weighted by molar-refractivity contribution is -0.132. The van der Waals surface area contributed by atoms with E-state index in [1.54, 1.807) is 41.3 Å². The molecule has 1 N–H and O–H groups in total. The van der Waals surface area contributed by atoms with Gasteiger partial charge in [0.15, 0.2) is 0 Å². The van der Waals surface area contributed by atoms with E-state index >= 15 is 0 Å². The number of sulfonamides is 1. The van der Waals surface area contributed by atoms with Crippen LogP contribution in [0.4, 0.5) is 0 Å². The number of piperazine rings is 1. The van der Waals surface area contributed by atoms with Gasteiger partial charge in [-0.2, -0.15) is 4.31 Å². The molecule has 0 atom stereocenters. The predicted molar refractivity (Wildman–Crippen MR) is 111 cm³/mol. The maximum Gasteiger partial charge on any atom is 0.252 e. The molecule has 0 unspecified atom stereocenters. The third-order valence-corrected chi connectivity index (χ3v) is 8.38. The average molecular weight is 486 g/mol. The highest BCUT2D eigenvalue weighted by molar-refractivity contribution is 9.11. The summed E-state index contributed by atoms with van der Waals surface area (Å²) in [4.78, 5) is 26.0. The number of nitrogens with zero attached hydrogens (tertiary/aromatic N) is 2. The van der Waals surface area contributed by atoms with E-state index in [0.29, 0.717) is 22.9 Å². The number of benzene rings is 1. The van der Waals surface area contributed by atoms with E-state index in [9.17, 15) is 18.0 Å². The Kier molecular flexibility index (Phi) is 6.86. The molecule has 1 saturated heterocycles. The Hall–Kier alpha value is -1.75. The Balaban J connectivity index is 1.45. The highest BCUT2D eigenvalue weighted by Gasteiger charge is 2.30. The highest BCUT2D eigenvalue weighted by Crippen LogP contribution is 2.28. The number of rotatable bonds is 6. The van der Waals surface area contributed by atoms with E-state index < -0.39 is 10.0 Å². The first kappa shape index (κ1) is 21.0. The summed E-state index contributed by atoms with van der Waals surface area (Å²) in [6.45, 7) is 1.46. The molecule has 3 rings (SSSR count). The largest absolute Gasteiger partial charge is 0.352 e. The zero-order valence-corrected chi connectivity index (χ0v) is 18.2. The van der Waals surface area contributed by atoms with Gasteiger partial charge in [-0.25, -0.2) is 8.42 Å². The van der Waals surface area contributed by atoms with Crippen LogP contribution in [0.2, 0.25) is 0 Å². The molecule has 28 heavy (non-hydrogen) atoms. The molecule has 2 heterocycles. The first-order valence-electron chi connectivity index (χ1n) is 8.74. The maximum atomic E-state index is 12.6. The molecule has 2 amide bonds. The van der Waals surface area contributed by atoms with Crippen LogP contribution >= 0.6 is 27.3 Å². The van der Waals surface area contributed by atoms with E-state index in [-0.39, 0.29) is 37.9 Å². The average Bonchev–Trinajstić information content (AvgIpc) is 3.16. The van der Waals surface area contributed by atoms with Crippen molar-refractivity contribution < 1.29 is 18.0 Å². The van der Waals surface area contributed by atoms with Gasteiger partial charge in [-0.05, 0) is 40.2 Å². The van der Waals surface area contributed by atoms with Gasteiger partial charge in [0, 0.05) is 44.7 Å². The Morgan fingerprint density at radius 2 is 1.71 bits per heavy atom. The lowest BCUT2D eigenvalue weighted by Crippen LogP contribution is -2.50. The SMILES string of the molecule is O=C(NCCC(=O)N1CCN(S(=O)(=O)c2ccc(Br)s2)CC1)c1ccccc1. The summed E-state index contributed by atoms with van der Waals surface area (Å²) in [7, 11) is -3.52. The van der Waals surface area contributed by atoms with Gasteiger partial charge in [-0.15, -0.1) is 11.3 Å². The molecule has 0 spiro atoms. The van der Waals surface area contributed by atoms with E-state index in [1.807, 2.05) is 6.07 Å². The Bertz CT molecular complexity index is 939. The van der Waals surface area contributed by atoms with E-state index in [1.165, 1.54) is 15.6 Å². The number of carbonyl (C=O) groups is 2. The highest BCUT2D eigenvalue weighted by atomic mass is 79.9. The number of hydrogen-bond donors (Lipinski definition) is 1. The van der Waals surface area contributed by atoms with Crippen LogP contribution in [0.1, 0.15) is 16.8 Å². The molecular formula is C18H20BrN3O4S2. The topological polar surface area (TPSA) is 86.8 Å². The minimum absolute atomic E-state index is 0.0933. The van der Waals surface area contributed by atoms with E-state index in [0.717, 1.165) is 3.79 Å². The van der Waals surface area contributed by atoms with Crippen LogP contribution in [-0.4, -0.2) is 62.2 Å². The number of hydrogen-bond acceptors (Lipinski definition) is 5. The minimum Gasteiger partial charge on any atom is -0.352 e. The normalized spacial score (nSPS) is 15.4. The molecule has 1 aromatic heterocycles. The van der Waals surface area contributed by atoms with Crippen LogP contribution in [0, 0.1) is 0 Å². The second-order valence-corrected chi connectivity index (χ2v) is 10.8. The molecule has 1 fully saturated rings. The van der Waals surface area contributed by atoms with Gasteiger partial charge >= 0.3 is 0 Å². The summed E-state index contributed by atoms with van der Waals surface area (Å²) >= 11 is 4.45. The molecule has 1 aliphatic rings. The fourth-order valence-corrected chi connectivity index (χ4v) is 6.46. The molecule has 0 saturated carbocycles. The van der Waals surface area contributed by atoms with Gasteiger partial charge in [-0.1, -0.05) is 18.2 Å². The molecule has 1 aromatic carbocycles. The summed E-state index contributed by atoms with van der Waals surface area (Å²) in [5.41, 5.74) is 0.550. The summed E-state index contributed by atoms with van der Waals surface area (Å²) in [5, 5.41) is 2.73. The second kappa shape index (κ2) is 9.17. The Labute approximate surface area is 176 Å². The van der Waals surface area contributed by atoms with Gasteiger partial charge in [0.25, 0.3) is 15.9 Å². The quantitative estimate of drug-likeness (QED) is 0.678. The molecule has 150 valence electrons. The summed E-state index contributed by atoms with van der Waals surface area (Å²) in [6, 6.07) is 12.1. The molecule has 0 radical (unpaired) electrons. The molecular weight excluding hydrogens is 466 g/mol. The van der Waals surface area contributed by atoms with Crippen LogP contribution in [0.3, 0.4) is 0 Å². The maximum absolute atomic E-state index is 12.6. The van der Waals surface area contributed by atoms with Crippen molar-refractivity contribution >= 4 is 49.1 Å². The van der Waals surface area contributed by atoms with Crippen LogP contribution in [0.15, 0.2) is 50.5 Å². The minimum atomic E-state index is -3.52. The van der Waals surface area contributed by atoms with Crippen molar-refractivity contribution in [3.63, 3.8) is 0 Å². The van der Waals surface area contributed by atoms with Gasteiger partial charge < -0.3 is 10.2 Å². The van der Waals surface area contributed by atoms with Crippen LogP contribution in [-0.2, 0) is 14.8 Å². The van der Waals surface area contributed by atoms with Crippen molar-refractivity contribution in [2.45, 2.75) is 10.6 Å². The predicted octanol–water partition coefficient (Wildman–Crippen LogP) is 2.16. The molecule has 2 aromatic rings. The van der Waals surface area contributed by atoms with Gasteiger partial charge in [0.1, 0.15) is 4.21 Å². The zero-order chi connectivity index (χ0) is 20.1. The first-order chi connectivity index (χ1) is 13.4. The smallest absolute Gasteiger partial charge is 0.252 e.